The minimum absolute atomic E-state index is 0.164. The van der Waals surface area contributed by atoms with Crippen molar-refractivity contribution in [2.24, 2.45) is 7.05 Å². The summed E-state index contributed by atoms with van der Waals surface area (Å²) in [6.45, 7) is 2.20. The third kappa shape index (κ3) is 3.30. The van der Waals surface area contributed by atoms with Crippen molar-refractivity contribution < 1.29 is 8.42 Å². The number of fused-ring (bicyclic) bond motifs is 1. The van der Waals surface area contributed by atoms with Gasteiger partial charge in [0.15, 0.2) is 5.65 Å². The average Bonchev–Trinajstić information content (AvgIpc) is 2.67. The van der Waals surface area contributed by atoms with Crippen LogP contribution in [0.3, 0.4) is 0 Å². The Hall–Kier alpha value is -1.47. The molecule has 2 aromatic rings. The quantitative estimate of drug-likeness (QED) is 0.851. The van der Waals surface area contributed by atoms with Crippen molar-refractivity contribution in [1.82, 2.24) is 19.3 Å². The summed E-state index contributed by atoms with van der Waals surface area (Å²) in [5, 5.41) is 0. The molecule has 0 aliphatic carbocycles. The largest absolute Gasteiger partial charge is 0.316 e. The Kier molecular flexibility index (Phi) is 4.16. The Labute approximate surface area is 112 Å². The molecule has 2 rings (SSSR count). The molecule has 0 aromatic carbocycles. The highest BCUT2D eigenvalue weighted by Crippen LogP contribution is 2.11. The van der Waals surface area contributed by atoms with Gasteiger partial charge in [0.25, 0.3) is 0 Å². The number of nitrogens with one attached hydrogen (secondary N) is 1. The lowest BCUT2D eigenvalue weighted by atomic mass is 10.4. The fraction of sp³-hybridized carbons (Fsp3) is 0.500. The van der Waals surface area contributed by atoms with E-state index in [0.717, 1.165) is 17.0 Å². The van der Waals surface area contributed by atoms with Crippen molar-refractivity contribution in [3.63, 3.8) is 0 Å². The average molecular weight is 282 g/mol. The molecule has 0 radical (unpaired) electrons. The standard InChI is InChI=1S/C12H18N4O2S/c1-3-9-19(17,18)14-8-6-11-15-10-5-4-7-13-12(10)16(11)2/h4-5,7,14H,3,6,8-9H2,1-2H3. The van der Waals surface area contributed by atoms with Crippen LogP contribution in [-0.2, 0) is 23.5 Å². The van der Waals surface area contributed by atoms with E-state index in [1.54, 1.807) is 6.20 Å². The Morgan fingerprint density at radius 3 is 2.89 bits per heavy atom. The number of pyridine rings is 1. The van der Waals surface area contributed by atoms with Gasteiger partial charge in [-0.05, 0) is 18.6 Å². The van der Waals surface area contributed by atoms with Gasteiger partial charge in [-0.15, -0.1) is 0 Å². The van der Waals surface area contributed by atoms with E-state index in [-0.39, 0.29) is 5.75 Å². The highest BCUT2D eigenvalue weighted by Gasteiger charge is 2.11. The zero-order valence-electron chi connectivity index (χ0n) is 11.1. The summed E-state index contributed by atoms with van der Waals surface area (Å²) >= 11 is 0. The second-order valence-electron chi connectivity index (χ2n) is 4.40. The first kappa shape index (κ1) is 14.0. The molecule has 0 unspecified atom stereocenters. The summed E-state index contributed by atoms with van der Waals surface area (Å²) in [7, 11) is -1.26. The van der Waals surface area contributed by atoms with Crippen molar-refractivity contribution in [3.8, 4) is 0 Å². The number of aryl methyl sites for hydroxylation is 1. The third-order valence-corrected chi connectivity index (χ3v) is 4.45. The summed E-state index contributed by atoms with van der Waals surface area (Å²) in [5.74, 6) is 0.991. The van der Waals surface area contributed by atoms with Gasteiger partial charge < -0.3 is 4.57 Å². The molecule has 0 spiro atoms. The Morgan fingerprint density at radius 2 is 2.21 bits per heavy atom. The van der Waals surface area contributed by atoms with E-state index in [4.69, 9.17) is 0 Å². The normalized spacial score (nSPS) is 12.1. The summed E-state index contributed by atoms with van der Waals surface area (Å²) in [4.78, 5) is 8.69. The van der Waals surface area contributed by atoms with Crippen LogP contribution >= 0.6 is 0 Å². The van der Waals surface area contributed by atoms with Crippen LogP contribution in [0.2, 0.25) is 0 Å². The Morgan fingerprint density at radius 1 is 1.42 bits per heavy atom. The van der Waals surface area contributed by atoms with Gasteiger partial charge in [-0.1, -0.05) is 6.92 Å². The highest BCUT2D eigenvalue weighted by atomic mass is 32.2. The molecule has 0 amide bonds. The number of nitrogens with zero attached hydrogens (tertiary/aromatic N) is 3. The van der Waals surface area contributed by atoms with Gasteiger partial charge in [0.05, 0.1) is 5.75 Å². The topological polar surface area (TPSA) is 76.9 Å². The molecule has 104 valence electrons. The maximum atomic E-state index is 11.5. The lowest BCUT2D eigenvalue weighted by Crippen LogP contribution is -2.28. The maximum Gasteiger partial charge on any atom is 0.211 e. The Bertz CT molecular complexity index is 663. The number of hydrogen-bond acceptors (Lipinski definition) is 4. The third-order valence-electron chi connectivity index (χ3n) is 2.86. The van der Waals surface area contributed by atoms with Crippen LogP contribution in [0.1, 0.15) is 19.2 Å². The minimum atomic E-state index is -3.15. The van der Waals surface area contributed by atoms with Crippen LogP contribution in [0.15, 0.2) is 18.3 Å². The van der Waals surface area contributed by atoms with Gasteiger partial charge in [-0.2, -0.15) is 0 Å². The molecule has 2 heterocycles. The van der Waals surface area contributed by atoms with Crippen LogP contribution in [-0.4, -0.2) is 35.3 Å². The van der Waals surface area contributed by atoms with Crippen molar-refractivity contribution in [2.75, 3.05) is 12.3 Å². The van der Waals surface area contributed by atoms with E-state index in [1.165, 1.54) is 0 Å². The Balaban J connectivity index is 2.04. The lowest BCUT2D eigenvalue weighted by molar-refractivity contribution is 0.579. The summed E-state index contributed by atoms with van der Waals surface area (Å²) in [5.41, 5.74) is 1.64. The number of rotatable bonds is 6. The fourth-order valence-corrected chi connectivity index (χ4v) is 3.05. The molecule has 0 saturated heterocycles. The zero-order valence-corrected chi connectivity index (χ0v) is 11.9. The molecule has 0 aliphatic rings. The van der Waals surface area contributed by atoms with E-state index >= 15 is 0 Å². The van der Waals surface area contributed by atoms with E-state index < -0.39 is 10.0 Å². The number of sulfonamides is 1. The molecular weight excluding hydrogens is 264 g/mol. The van der Waals surface area contributed by atoms with Crippen molar-refractivity contribution >= 4 is 21.2 Å². The molecule has 6 nitrogen and oxygen atoms in total. The van der Waals surface area contributed by atoms with Gasteiger partial charge in [0, 0.05) is 26.2 Å². The minimum Gasteiger partial charge on any atom is -0.316 e. The summed E-state index contributed by atoms with van der Waals surface area (Å²) < 4.78 is 27.5. The summed E-state index contributed by atoms with van der Waals surface area (Å²) in [6.07, 6.45) is 2.89. The van der Waals surface area contributed by atoms with Crippen LogP contribution in [0.25, 0.3) is 11.2 Å². The number of hydrogen-bond donors (Lipinski definition) is 1. The summed E-state index contributed by atoms with van der Waals surface area (Å²) in [6, 6.07) is 3.73. The SMILES string of the molecule is CCCS(=O)(=O)NCCc1nc2cccnc2n1C. The monoisotopic (exact) mass is 282 g/mol. The van der Waals surface area contributed by atoms with Crippen LogP contribution in [0.4, 0.5) is 0 Å². The zero-order chi connectivity index (χ0) is 13.9. The van der Waals surface area contributed by atoms with Crippen LogP contribution in [0, 0.1) is 0 Å². The second kappa shape index (κ2) is 5.66. The molecule has 7 heteroatoms. The lowest BCUT2D eigenvalue weighted by Gasteiger charge is -2.05. The van der Waals surface area contributed by atoms with Gasteiger partial charge in [-0.3, -0.25) is 0 Å². The smallest absolute Gasteiger partial charge is 0.211 e. The van der Waals surface area contributed by atoms with E-state index in [9.17, 15) is 8.42 Å². The molecule has 1 N–H and O–H groups in total. The molecule has 0 atom stereocenters. The molecule has 19 heavy (non-hydrogen) atoms. The first-order valence-corrected chi connectivity index (χ1v) is 7.92. The van der Waals surface area contributed by atoms with Crippen LogP contribution in [0.5, 0.6) is 0 Å². The van der Waals surface area contributed by atoms with Crippen molar-refractivity contribution in [3.05, 3.63) is 24.2 Å². The molecule has 0 fully saturated rings. The van der Waals surface area contributed by atoms with Gasteiger partial charge in [0.2, 0.25) is 10.0 Å². The molecule has 0 bridgehead atoms. The molecule has 2 aromatic heterocycles. The van der Waals surface area contributed by atoms with E-state index in [0.29, 0.717) is 19.4 Å². The number of imidazole rings is 1. The highest BCUT2D eigenvalue weighted by molar-refractivity contribution is 7.89. The second-order valence-corrected chi connectivity index (χ2v) is 6.32. The van der Waals surface area contributed by atoms with E-state index in [1.807, 2.05) is 30.7 Å². The first-order chi connectivity index (χ1) is 9.03. The predicted octanol–water partition coefficient (Wildman–Crippen LogP) is 0.840. The maximum absolute atomic E-state index is 11.5. The van der Waals surface area contributed by atoms with Gasteiger partial charge in [-0.25, -0.2) is 23.1 Å². The molecule has 0 aliphatic heterocycles. The van der Waals surface area contributed by atoms with Crippen LogP contribution < -0.4 is 4.72 Å². The number of aromatic nitrogens is 3. The molecular formula is C12H18N4O2S. The molecule has 0 saturated carbocycles. The first-order valence-electron chi connectivity index (χ1n) is 6.27. The van der Waals surface area contributed by atoms with Crippen molar-refractivity contribution in [2.45, 2.75) is 19.8 Å². The fourth-order valence-electron chi connectivity index (χ4n) is 1.95. The van der Waals surface area contributed by atoms with Gasteiger partial charge >= 0.3 is 0 Å². The van der Waals surface area contributed by atoms with Crippen molar-refractivity contribution in [1.29, 1.82) is 0 Å². The van der Waals surface area contributed by atoms with E-state index in [2.05, 4.69) is 14.7 Å². The predicted molar refractivity (Wildman–Crippen MR) is 74.3 cm³/mol. The van der Waals surface area contributed by atoms with Gasteiger partial charge in [0.1, 0.15) is 11.3 Å².